The summed E-state index contributed by atoms with van der Waals surface area (Å²) < 4.78 is 0. The molecular weight excluding hydrogens is 165 g/mol. The van der Waals surface area contributed by atoms with Crippen molar-refractivity contribution < 1.29 is 4.79 Å². The molecule has 0 aromatic heterocycles. The Kier molecular flexibility index (Phi) is 3.50. The molecule has 1 N–H and O–H groups in total. The first-order chi connectivity index (χ1) is 4.86. The summed E-state index contributed by atoms with van der Waals surface area (Å²) in [6.07, 6.45) is 4.32. The summed E-state index contributed by atoms with van der Waals surface area (Å²) in [6, 6.07) is 0.440. The van der Waals surface area contributed by atoms with E-state index in [1.54, 1.807) is 0 Å². The van der Waals surface area contributed by atoms with Crippen molar-refractivity contribution in [3.63, 3.8) is 0 Å². The highest BCUT2D eigenvalue weighted by Crippen LogP contribution is 2.33. The fourth-order valence-electron chi connectivity index (χ4n) is 1.31. The second-order valence-electron chi connectivity index (χ2n) is 2.55. The van der Waals surface area contributed by atoms with Gasteiger partial charge < -0.3 is 5.32 Å². The largest absolute Gasteiger partial charge is 0.356 e. The van der Waals surface area contributed by atoms with Crippen LogP contribution in [0.4, 0.5) is 0 Å². The molecular formula is C6H12NOPS. The molecule has 2 nitrogen and oxygen atoms in total. The molecule has 1 rings (SSSR count). The third-order valence-electron chi connectivity index (χ3n) is 1.88. The van der Waals surface area contributed by atoms with Gasteiger partial charge in [0.1, 0.15) is 0 Å². The molecule has 0 saturated heterocycles. The maximum Gasteiger partial charge on any atom is 0.207 e. The molecule has 1 saturated carbocycles. The zero-order valence-corrected chi connectivity index (χ0v) is 7.72. The quantitative estimate of drug-likeness (QED) is 0.518. The summed E-state index contributed by atoms with van der Waals surface area (Å²) >= 11 is 1.82. The number of carbonyl (C=O) groups is 1. The number of hydrogen-bond donors (Lipinski definition) is 1. The Bertz CT molecular complexity index is 122. The summed E-state index contributed by atoms with van der Waals surface area (Å²) in [5.41, 5.74) is 0. The summed E-state index contributed by atoms with van der Waals surface area (Å²) in [7, 11) is 2.68. The Morgan fingerprint density at radius 2 is 2.40 bits per heavy atom. The van der Waals surface area contributed by atoms with Crippen LogP contribution in [-0.2, 0) is 4.79 Å². The molecule has 58 valence electrons. The minimum absolute atomic E-state index is 0.440. The van der Waals surface area contributed by atoms with Crippen LogP contribution < -0.4 is 5.32 Å². The normalized spacial score (nSPS) is 32.1. The predicted molar refractivity (Wildman–Crippen MR) is 47.9 cm³/mol. The highest BCUT2D eigenvalue weighted by Gasteiger charge is 2.22. The first-order valence-electron chi connectivity index (χ1n) is 3.42. The van der Waals surface area contributed by atoms with Gasteiger partial charge in [0.2, 0.25) is 6.41 Å². The maximum atomic E-state index is 10.0. The Hall–Kier alpha value is 0.250. The zero-order chi connectivity index (χ0) is 7.40. The minimum Gasteiger partial charge on any atom is -0.356 e. The lowest BCUT2D eigenvalue weighted by Crippen LogP contribution is -2.24. The van der Waals surface area contributed by atoms with Crippen molar-refractivity contribution in [2.45, 2.75) is 30.6 Å². The van der Waals surface area contributed by atoms with Crippen LogP contribution in [0.15, 0.2) is 0 Å². The third-order valence-corrected chi connectivity index (χ3v) is 3.85. The van der Waals surface area contributed by atoms with Gasteiger partial charge in [-0.1, -0.05) is 8.44 Å². The molecule has 1 aliphatic carbocycles. The van der Waals surface area contributed by atoms with Crippen molar-refractivity contribution in [1.29, 1.82) is 0 Å². The lowest BCUT2D eigenvalue weighted by Gasteiger charge is -2.06. The van der Waals surface area contributed by atoms with E-state index in [1.807, 2.05) is 11.4 Å². The highest BCUT2D eigenvalue weighted by molar-refractivity contribution is 8.44. The van der Waals surface area contributed by atoms with E-state index in [1.165, 1.54) is 6.42 Å². The molecule has 0 radical (unpaired) electrons. The Morgan fingerprint density at radius 3 is 2.90 bits per heavy atom. The van der Waals surface area contributed by atoms with E-state index in [-0.39, 0.29) is 0 Å². The van der Waals surface area contributed by atoms with E-state index in [4.69, 9.17) is 0 Å². The van der Waals surface area contributed by atoms with E-state index in [2.05, 4.69) is 13.8 Å². The predicted octanol–water partition coefficient (Wildman–Crippen LogP) is 1.18. The second-order valence-corrected chi connectivity index (χ2v) is 4.31. The molecule has 0 bridgehead atoms. The van der Waals surface area contributed by atoms with Crippen LogP contribution in [0, 0.1) is 0 Å². The summed E-state index contributed by atoms with van der Waals surface area (Å²) in [6.45, 7) is 0. The number of nitrogens with one attached hydrogen (secondary N) is 1. The van der Waals surface area contributed by atoms with Gasteiger partial charge in [0.05, 0.1) is 0 Å². The van der Waals surface area contributed by atoms with Gasteiger partial charge in [0.15, 0.2) is 0 Å². The van der Waals surface area contributed by atoms with E-state index < -0.39 is 0 Å². The standard InChI is InChI=1S/C6H12NOPS/c8-4-7-5-1-2-6(3-5)10-9/h4-6H,1-3,9H2,(H,7,8). The lowest BCUT2D eigenvalue weighted by atomic mass is 10.3. The van der Waals surface area contributed by atoms with Crippen LogP contribution in [0.2, 0.25) is 0 Å². The van der Waals surface area contributed by atoms with Crippen molar-refractivity contribution in [2.75, 3.05) is 0 Å². The van der Waals surface area contributed by atoms with Gasteiger partial charge in [0.25, 0.3) is 0 Å². The topological polar surface area (TPSA) is 29.1 Å². The van der Waals surface area contributed by atoms with Crippen LogP contribution in [0.3, 0.4) is 0 Å². The number of rotatable bonds is 3. The fourth-order valence-corrected chi connectivity index (χ4v) is 2.67. The molecule has 0 aromatic carbocycles. The number of carbonyl (C=O) groups excluding carboxylic acids is 1. The van der Waals surface area contributed by atoms with Crippen LogP contribution in [0.25, 0.3) is 0 Å². The molecule has 3 unspecified atom stereocenters. The van der Waals surface area contributed by atoms with Crippen molar-refractivity contribution in [1.82, 2.24) is 5.32 Å². The molecule has 0 aliphatic heterocycles. The van der Waals surface area contributed by atoms with Gasteiger partial charge in [-0.2, -0.15) is 0 Å². The van der Waals surface area contributed by atoms with Crippen LogP contribution in [0.5, 0.6) is 0 Å². The third kappa shape index (κ3) is 2.14. The number of amides is 1. The van der Waals surface area contributed by atoms with Gasteiger partial charge >= 0.3 is 0 Å². The highest BCUT2D eigenvalue weighted by atomic mass is 32.7. The average molecular weight is 177 g/mol. The second kappa shape index (κ2) is 4.20. The first kappa shape index (κ1) is 8.35. The van der Waals surface area contributed by atoms with Crippen molar-refractivity contribution in [3.8, 4) is 0 Å². The van der Waals surface area contributed by atoms with E-state index in [0.29, 0.717) is 6.04 Å². The van der Waals surface area contributed by atoms with Crippen LogP contribution >= 0.6 is 19.8 Å². The lowest BCUT2D eigenvalue weighted by molar-refractivity contribution is -0.110. The van der Waals surface area contributed by atoms with E-state index in [9.17, 15) is 4.79 Å². The van der Waals surface area contributed by atoms with E-state index in [0.717, 1.165) is 24.5 Å². The molecule has 4 heteroatoms. The molecule has 1 fully saturated rings. The molecule has 3 atom stereocenters. The zero-order valence-electron chi connectivity index (χ0n) is 5.75. The van der Waals surface area contributed by atoms with Crippen molar-refractivity contribution in [2.24, 2.45) is 0 Å². The Morgan fingerprint density at radius 1 is 1.60 bits per heavy atom. The van der Waals surface area contributed by atoms with Gasteiger partial charge in [-0.25, -0.2) is 0 Å². The maximum absolute atomic E-state index is 10.0. The molecule has 1 aliphatic rings. The van der Waals surface area contributed by atoms with Crippen LogP contribution in [0.1, 0.15) is 19.3 Å². The molecule has 0 aromatic rings. The molecule has 10 heavy (non-hydrogen) atoms. The van der Waals surface area contributed by atoms with Gasteiger partial charge in [0, 0.05) is 11.3 Å². The van der Waals surface area contributed by atoms with Gasteiger partial charge in [-0.15, -0.1) is 11.4 Å². The molecule has 1 amide bonds. The first-order valence-corrected chi connectivity index (χ1v) is 5.77. The fraction of sp³-hybridized carbons (Fsp3) is 0.833. The monoisotopic (exact) mass is 177 g/mol. The summed E-state index contributed by atoms with van der Waals surface area (Å²) in [5, 5.41) is 3.54. The van der Waals surface area contributed by atoms with Crippen LogP contribution in [-0.4, -0.2) is 17.7 Å². The molecule has 0 heterocycles. The number of hydrogen-bond acceptors (Lipinski definition) is 2. The van der Waals surface area contributed by atoms with Gasteiger partial charge in [-0.3, -0.25) is 4.79 Å². The Balaban J connectivity index is 2.21. The SMILES string of the molecule is O=CNC1CCC(SP)C1. The minimum atomic E-state index is 0.440. The van der Waals surface area contributed by atoms with Crippen molar-refractivity contribution >= 4 is 26.2 Å². The van der Waals surface area contributed by atoms with Gasteiger partial charge in [-0.05, 0) is 19.3 Å². The summed E-state index contributed by atoms with van der Waals surface area (Å²) in [4.78, 5) is 10.0. The van der Waals surface area contributed by atoms with E-state index >= 15 is 0 Å². The Labute approximate surface area is 67.5 Å². The smallest absolute Gasteiger partial charge is 0.207 e. The summed E-state index contributed by atoms with van der Waals surface area (Å²) in [5.74, 6) is 0. The average Bonchev–Trinajstić information content (AvgIpc) is 2.37. The molecule has 0 spiro atoms. The van der Waals surface area contributed by atoms with Crippen molar-refractivity contribution in [3.05, 3.63) is 0 Å².